The predicted octanol–water partition coefficient (Wildman–Crippen LogP) is 2.74. The summed E-state index contributed by atoms with van der Waals surface area (Å²) < 4.78 is 0. The summed E-state index contributed by atoms with van der Waals surface area (Å²) in [6, 6.07) is 7.31. The van der Waals surface area contributed by atoms with E-state index in [0.29, 0.717) is 6.04 Å². The van der Waals surface area contributed by atoms with Crippen molar-refractivity contribution in [1.29, 1.82) is 0 Å². The minimum Gasteiger partial charge on any atom is -0.382 e. The highest BCUT2D eigenvalue weighted by Gasteiger charge is 2.12. The molecule has 0 radical (unpaired) electrons. The maximum Gasteiger partial charge on any atom is 0.0377 e. The third-order valence-electron chi connectivity index (χ3n) is 2.51. The molecule has 0 saturated heterocycles. The number of aryl methyl sites for hydroxylation is 2. The molecular weight excluding hydrogens is 146 g/mol. The van der Waals surface area contributed by atoms with Crippen molar-refractivity contribution in [1.82, 2.24) is 0 Å². The number of fused-ring (bicyclic) bond motifs is 1. The Kier molecular flexibility index (Phi) is 1.80. The average Bonchev–Trinajstić information content (AvgIpc) is 2.03. The van der Waals surface area contributed by atoms with Gasteiger partial charge in [-0.2, -0.15) is 0 Å². The number of hydrogen-bond donors (Lipinski definition) is 1. The first-order valence-corrected chi connectivity index (χ1v) is 4.62. The van der Waals surface area contributed by atoms with E-state index in [2.05, 4.69) is 37.4 Å². The fourth-order valence-corrected chi connectivity index (χ4v) is 1.75. The molecule has 0 aliphatic carbocycles. The molecule has 64 valence electrons. The minimum absolute atomic E-state index is 0.638. The van der Waals surface area contributed by atoms with Crippen molar-refractivity contribution in [2.75, 3.05) is 5.32 Å². The molecule has 1 aromatic carbocycles. The van der Waals surface area contributed by atoms with Gasteiger partial charge in [0.15, 0.2) is 0 Å². The zero-order chi connectivity index (χ0) is 8.55. The lowest BCUT2D eigenvalue weighted by atomic mass is 9.98. The van der Waals surface area contributed by atoms with Gasteiger partial charge < -0.3 is 5.32 Å². The van der Waals surface area contributed by atoms with Crippen LogP contribution in [0.2, 0.25) is 0 Å². The molecule has 0 fully saturated rings. The monoisotopic (exact) mass is 161 g/mol. The van der Waals surface area contributed by atoms with Crippen molar-refractivity contribution >= 4 is 5.69 Å². The Balaban J connectivity index is 2.37. The Labute approximate surface area is 73.8 Å². The third-order valence-corrected chi connectivity index (χ3v) is 2.51. The molecule has 1 heterocycles. The van der Waals surface area contributed by atoms with E-state index in [0.717, 1.165) is 0 Å². The smallest absolute Gasteiger partial charge is 0.0377 e. The van der Waals surface area contributed by atoms with Gasteiger partial charge >= 0.3 is 0 Å². The van der Waals surface area contributed by atoms with Crippen LogP contribution >= 0.6 is 0 Å². The van der Waals surface area contributed by atoms with E-state index in [-0.39, 0.29) is 0 Å². The van der Waals surface area contributed by atoms with Crippen LogP contribution in [0.1, 0.15) is 24.5 Å². The van der Waals surface area contributed by atoms with Gasteiger partial charge in [-0.3, -0.25) is 0 Å². The lowest BCUT2D eigenvalue weighted by Crippen LogP contribution is -2.21. The highest BCUT2D eigenvalue weighted by Crippen LogP contribution is 2.25. The minimum atomic E-state index is 0.638. The SMILES string of the molecule is Cc1ccc2c(c1)N[C@@H](C)CC2. The number of rotatable bonds is 0. The second kappa shape index (κ2) is 2.81. The van der Waals surface area contributed by atoms with Crippen LogP contribution in [-0.2, 0) is 6.42 Å². The van der Waals surface area contributed by atoms with Crippen molar-refractivity contribution in [2.45, 2.75) is 32.7 Å². The van der Waals surface area contributed by atoms with E-state index in [1.165, 1.54) is 29.7 Å². The first kappa shape index (κ1) is 7.66. The Morgan fingerprint density at radius 2 is 2.25 bits per heavy atom. The molecule has 0 bridgehead atoms. The van der Waals surface area contributed by atoms with Gasteiger partial charge in [0.25, 0.3) is 0 Å². The van der Waals surface area contributed by atoms with Gasteiger partial charge in [0.05, 0.1) is 0 Å². The largest absolute Gasteiger partial charge is 0.382 e. The van der Waals surface area contributed by atoms with Gasteiger partial charge in [0, 0.05) is 11.7 Å². The van der Waals surface area contributed by atoms with Crippen LogP contribution in [0.4, 0.5) is 5.69 Å². The third kappa shape index (κ3) is 1.31. The van der Waals surface area contributed by atoms with Crippen molar-refractivity contribution in [3.63, 3.8) is 0 Å². The zero-order valence-electron chi connectivity index (χ0n) is 7.72. The summed E-state index contributed by atoms with van der Waals surface area (Å²) in [5.41, 5.74) is 4.16. The van der Waals surface area contributed by atoms with Crippen LogP contribution in [-0.4, -0.2) is 6.04 Å². The second-order valence-electron chi connectivity index (χ2n) is 3.74. The summed E-state index contributed by atoms with van der Waals surface area (Å²) in [6.07, 6.45) is 2.49. The molecule has 1 aliphatic rings. The molecule has 1 nitrogen and oxygen atoms in total. The maximum atomic E-state index is 3.50. The van der Waals surface area contributed by atoms with E-state index in [9.17, 15) is 0 Å². The summed E-state index contributed by atoms with van der Waals surface area (Å²) in [4.78, 5) is 0. The van der Waals surface area contributed by atoms with E-state index in [1.807, 2.05) is 0 Å². The predicted molar refractivity (Wildman–Crippen MR) is 52.6 cm³/mol. The molecule has 1 heteroatoms. The first-order valence-electron chi connectivity index (χ1n) is 4.62. The lowest BCUT2D eigenvalue weighted by Gasteiger charge is -2.24. The highest BCUT2D eigenvalue weighted by molar-refractivity contribution is 5.55. The number of hydrogen-bond acceptors (Lipinski definition) is 1. The van der Waals surface area contributed by atoms with E-state index in [1.54, 1.807) is 0 Å². The van der Waals surface area contributed by atoms with Crippen molar-refractivity contribution < 1.29 is 0 Å². The van der Waals surface area contributed by atoms with Crippen LogP contribution in [0, 0.1) is 6.92 Å². The normalized spacial score (nSPS) is 21.3. The van der Waals surface area contributed by atoms with Gasteiger partial charge in [-0.25, -0.2) is 0 Å². The van der Waals surface area contributed by atoms with Gasteiger partial charge in [-0.15, -0.1) is 0 Å². The van der Waals surface area contributed by atoms with E-state index in [4.69, 9.17) is 0 Å². The van der Waals surface area contributed by atoms with E-state index < -0.39 is 0 Å². The lowest BCUT2D eigenvalue weighted by molar-refractivity contribution is 0.681. The molecule has 0 saturated carbocycles. The molecule has 1 aromatic rings. The van der Waals surface area contributed by atoms with Crippen molar-refractivity contribution in [3.05, 3.63) is 29.3 Å². The van der Waals surface area contributed by atoms with Crippen LogP contribution < -0.4 is 5.32 Å². The first-order chi connectivity index (χ1) is 5.75. The molecular formula is C11H15N. The number of anilines is 1. The van der Waals surface area contributed by atoms with Crippen LogP contribution in [0.3, 0.4) is 0 Å². The standard InChI is InChI=1S/C11H15N/c1-8-3-5-10-6-4-9(2)12-11(10)7-8/h3,5,7,9,12H,4,6H2,1-2H3/t9-/m0/s1. The molecule has 0 amide bonds. The Hall–Kier alpha value is -0.980. The van der Waals surface area contributed by atoms with Crippen LogP contribution in [0.5, 0.6) is 0 Å². The highest BCUT2D eigenvalue weighted by atomic mass is 14.9. The molecule has 1 atom stereocenters. The van der Waals surface area contributed by atoms with Gasteiger partial charge in [-0.05, 0) is 43.9 Å². The average molecular weight is 161 g/mol. The van der Waals surface area contributed by atoms with Gasteiger partial charge in [0.1, 0.15) is 0 Å². The summed E-state index contributed by atoms with van der Waals surface area (Å²) in [5, 5.41) is 3.50. The molecule has 2 rings (SSSR count). The molecule has 12 heavy (non-hydrogen) atoms. The number of nitrogens with one attached hydrogen (secondary N) is 1. The van der Waals surface area contributed by atoms with Gasteiger partial charge in [0.2, 0.25) is 0 Å². The summed E-state index contributed by atoms with van der Waals surface area (Å²) >= 11 is 0. The fraction of sp³-hybridized carbons (Fsp3) is 0.455. The number of benzene rings is 1. The molecule has 0 spiro atoms. The zero-order valence-corrected chi connectivity index (χ0v) is 7.72. The van der Waals surface area contributed by atoms with E-state index >= 15 is 0 Å². The molecule has 0 aromatic heterocycles. The summed E-state index contributed by atoms with van der Waals surface area (Å²) in [6.45, 7) is 4.38. The quantitative estimate of drug-likeness (QED) is 0.617. The molecule has 1 aliphatic heterocycles. The molecule has 1 N–H and O–H groups in total. The fourth-order valence-electron chi connectivity index (χ4n) is 1.75. The second-order valence-corrected chi connectivity index (χ2v) is 3.74. The topological polar surface area (TPSA) is 12.0 Å². The van der Waals surface area contributed by atoms with Crippen molar-refractivity contribution in [2.24, 2.45) is 0 Å². The molecule has 0 unspecified atom stereocenters. The maximum absolute atomic E-state index is 3.50. The summed E-state index contributed by atoms with van der Waals surface area (Å²) in [5.74, 6) is 0. The van der Waals surface area contributed by atoms with Crippen LogP contribution in [0.25, 0.3) is 0 Å². The van der Waals surface area contributed by atoms with Crippen LogP contribution in [0.15, 0.2) is 18.2 Å². The van der Waals surface area contributed by atoms with Gasteiger partial charge in [-0.1, -0.05) is 12.1 Å². The Morgan fingerprint density at radius 1 is 1.42 bits per heavy atom. The Bertz CT molecular complexity index is 291. The summed E-state index contributed by atoms with van der Waals surface area (Å²) in [7, 11) is 0. The van der Waals surface area contributed by atoms with Crippen molar-refractivity contribution in [3.8, 4) is 0 Å². The Morgan fingerprint density at radius 3 is 3.08 bits per heavy atom.